The maximum absolute atomic E-state index is 12.0. The highest BCUT2D eigenvalue weighted by Gasteiger charge is 2.15. The zero-order chi connectivity index (χ0) is 15.8. The van der Waals surface area contributed by atoms with Crippen LogP contribution in [0.15, 0.2) is 24.3 Å². The summed E-state index contributed by atoms with van der Waals surface area (Å²) in [6.07, 6.45) is 0. The minimum absolute atomic E-state index is 0.0624. The van der Waals surface area contributed by atoms with Gasteiger partial charge in [0.25, 0.3) is 11.8 Å². The first kappa shape index (κ1) is 17.0. The van der Waals surface area contributed by atoms with Crippen molar-refractivity contribution < 1.29 is 19.2 Å². The van der Waals surface area contributed by atoms with Gasteiger partial charge in [0.05, 0.1) is 19.8 Å². The SMILES string of the molecule is COc1ccccc1NC(=O)C[NH+](C)CC(=O)NC(C)C. The molecule has 0 heterocycles. The second-order valence-electron chi connectivity index (χ2n) is 5.28. The maximum Gasteiger partial charge on any atom is 0.279 e. The zero-order valence-corrected chi connectivity index (χ0v) is 13.0. The number of quaternary nitrogens is 1. The molecule has 2 amide bonds. The molecule has 1 aromatic carbocycles. The molecule has 0 saturated carbocycles. The summed E-state index contributed by atoms with van der Waals surface area (Å²) in [6.45, 7) is 4.28. The van der Waals surface area contributed by atoms with Crippen molar-refractivity contribution in [3.63, 3.8) is 0 Å². The Hall–Kier alpha value is -2.08. The van der Waals surface area contributed by atoms with Crippen LogP contribution in [0.2, 0.25) is 0 Å². The van der Waals surface area contributed by atoms with Gasteiger partial charge in [0, 0.05) is 6.04 Å². The van der Waals surface area contributed by atoms with E-state index in [1.165, 1.54) is 0 Å². The van der Waals surface area contributed by atoms with E-state index >= 15 is 0 Å². The van der Waals surface area contributed by atoms with Crippen LogP contribution >= 0.6 is 0 Å². The predicted molar refractivity (Wildman–Crippen MR) is 81.5 cm³/mol. The Labute approximate surface area is 125 Å². The van der Waals surface area contributed by atoms with Gasteiger partial charge in [0.2, 0.25) is 0 Å². The van der Waals surface area contributed by atoms with Crippen LogP contribution in [-0.2, 0) is 9.59 Å². The van der Waals surface area contributed by atoms with E-state index in [0.717, 1.165) is 4.90 Å². The van der Waals surface area contributed by atoms with Gasteiger partial charge in [-0.25, -0.2) is 0 Å². The van der Waals surface area contributed by atoms with Gasteiger partial charge in [-0.2, -0.15) is 0 Å². The molecule has 0 bridgehead atoms. The number of hydrogen-bond donors (Lipinski definition) is 3. The molecular formula is C15H24N3O3+. The molecule has 0 saturated heterocycles. The van der Waals surface area contributed by atoms with Crippen LogP contribution in [0.4, 0.5) is 5.69 Å². The molecule has 0 radical (unpaired) electrons. The number of likely N-dealkylation sites (N-methyl/N-ethyl adjacent to an activating group) is 1. The molecular weight excluding hydrogens is 270 g/mol. The average Bonchev–Trinajstić information content (AvgIpc) is 2.37. The van der Waals surface area contributed by atoms with Gasteiger partial charge in [-0.15, -0.1) is 0 Å². The van der Waals surface area contributed by atoms with E-state index in [9.17, 15) is 9.59 Å². The van der Waals surface area contributed by atoms with E-state index in [2.05, 4.69) is 10.6 Å². The number of hydrogen-bond acceptors (Lipinski definition) is 3. The molecule has 1 aromatic rings. The quantitative estimate of drug-likeness (QED) is 0.645. The van der Waals surface area contributed by atoms with E-state index < -0.39 is 0 Å². The second-order valence-corrected chi connectivity index (χ2v) is 5.28. The van der Waals surface area contributed by atoms with Gasteiger partial charge in [-0.05, 0) is 26.0 Å². The summed E-state index contributed by atoms with van der Waals surface area (Å²) in [5, 5.41) is 5.59. The fourth-order valence-corrected chi connectivity index (χ4v) is 1.93. The molecule has 1 atom stereocenters. The molecule has 3 N–H and O–H groups in total. The Kier molecular flexibility index (Phi) is 6.68. The highest BCUT2D eigenvalue weighted by molar-refractivity contribution is 5.93. The van der Waals surface area contributed by atoms with E-state index in [0.29, 0.717) is 11.4 Å². The second kappa shape index (κ2) is 8.26. The molecule has 0 aliphatic rings. The fraction of sp³-hybridized carbons (Fsp3) is 0.467. The number of rotatable bonds is 7. The Balaban J connectivity index is 2.48. The number of carbonyl (C=O) groups is 2. The number of nitrogens with one attached hydrogen (secondary N) is 3. The highest BCUT2D eigenvalue weighted by atomic mass is 16.5. The first-order chi connectivity index (χ1) is 9.92. The molecule has 0 aromatic heterocycles. The number of carbonyl (C=O) groups excluding carboxylic acids is 2. The largest absolute Gasteiger partial charge is 0.495 e. The lowest BCUT2D eigenvalue weighted by molar-refractivity contribution is -0.862. The van der Waals surface area contributed by atoms with Crippen molar-refractivity contribution in [2.75, 3.05) is 32.6 Å². The van der Waals surface area contributed by atoms with Gasteiger partial charge >= 0.3 is 0 Å². The first-order valence-electron chi connectivity index (χ1n) is 6.96. The van der Waals surface area contributed by atoms with Gasteiger partial charge in [-0.1, -0.05) is 12.1 Å². The number of ether oxygens (including phenoxy) is 1. The van der Waals surface area contributed by atoms with Crippen molar-refractivity contribution in [1.82, 2.24) is 5.32 Å². The van der Waals surface area contributed by atoms with Gasteiger partial charge in [0.1, 0.15) is 5.75 Å². The van der Waals surface area contributed by atoms with Crippen LogP contribution in [0.3, 0.4) is 0 Å². The van der Waals surface area contributed by atoms with Crippen molar-refractivity contribution in [2.45, 2.75) is 19.9 Å². The van der Waals surface area contributed by atoms with Crippen molar-refractivity contribution >= 4 is 17.5 Å². The predicted octanol–water partition coefficient (Wildman–Crippen LogP) is -0.327. The summed E-state index contributed by atoms with van der Waals surface area (Å²) in [6, 6.07) is 7.32. The third kappa shape index (κ3) is 6.27. The Morgan fingerprint density at radius 2 is 1.81 bits per heavy atom. The minimum Gasteiger partial charge on any atom is -0.495 e. The lowest BCUT2D eigenvalue weighted by Crippen LogP contribution is -3.11. The van der Waals surface area contributed by atoms with Gasteiger partial charge in [0.15, 0.2) is 13.1 Å². The van der Waals surface area contributed by atoms with Crippen molar-refractivity contribution in [2.24, 2.45) is 0 Å². The molecule has 0 spiro atoms. The number of amides is 2. The molecule has 6 heteroatoms. The van der Waals surface area contributed by atoms with Gasteiger partial charge in [-0.3, -0.25) is 9.59 Å². The van der Waals surface area contributed by atoms with Crippen LogP contribution in [0.5, 0.6) is 5.75 Å². The van der Waals surface area contributed by atoms with Crippen molar-refractivity contribution in [1.29, 1.82) is 0 Å². The summed E-state index contributed by atoms with van der Waals surface area (Å²) in [4.78, 5) is 24.4. The average molecular weight is 294 g/mol. The van der Waals surface area contributed by atoms with Crippen molar-refractivity contribution in [3.05, 3.63) is 24.3 Å². The lowest BCUT2D eigenvalue weighted by Gasteiger charge is -2.15. The Morgan fingerprint density at radius 3 is 2.43 bits per heavy atom. The first-order valence-corrected chi connectivity index (χ1v) is 6.96. The summed E-state index contributed by atoms with van der Waals surface area (Å²) in [7, 11) is 3.36. The normalized spacial score (nSPS) is 11.9. The molecule has 21 heavy (non-hydrogen) atoms. The van der Waals surface area contributed by atoms with Crippen molar-refractivity contribution in [3.8, 4) is 5.75 Å². The minimum atomic E-state index is -0.158. The number of anilines is 1. The Bertz CT molecular complexity index is 489. The van der Waals surface area contributed by atoms with E-state index in [4.69, 9.17) is 4.74 Å². The molecule has 0 fully saturated rings. The monoisotopic (exact) mass is 294 g/mol. The summed E-state index contributed by atoms with van der Waals surface area (Å²) >= 11 is 0. The smallest absolute Gasteiger partial charge is 0.279 e. The van der Waals surface area contributed by atoms with E-state index in [1.54, 1.807) is 19.2 Å². The van der Waals surface area contributed by atoms with Gasteiger partial charge < -0.3 is 20.3 Å². The summed E-state index contributed by atoms with van der Waals surface area (Å²) < 4.78 is 5.17. The van der Waals surface area contributed by atoms with E-state index in [-0.39, 0.29) is 30.9 Å². The lowest BCUT2D eigenvalue weighted by atomic mass is 10.3. The maximum atomic E-state index is 12.0. The number of para-hydroxylation sites is 2. The van der Waals surface area contributed by atoms with E-state index in [1.807, 2.05) is 33.0 Å². The molecule has 6 nitrogen and oxygen atoms in total. The third-order valence-electron chi connectivity index (χ3n) is 2.76. The summed E-state index contributed by atoms with van der Waals surface area (Å²) in [5.41, 5.74) is 0.629. The molecule has 0 aliphatic heterocycles. The topological polar surface area (TPSA) is 71.9 Å². The molecule has 0 aliphatic carbocycles. The number of methoxy groups -OCH3 is 1. The molecule has 1 unspecified atom stereocenters. The summed E-state index contributed by atoms with van der Waals surface area (Å²) in [5.74, 6) is 0.392. The highest BCUT2D eigenvalue weighted by Crippen LogP contribution is 2.22. The zero-order valence-electron chi connectivity index (χ0n) is 13.0. The fourth-order valence-electron chi connectivity index (χ4n) is 1.93. The van der Waals surface area contributed by atoms with Crippen LogP contribution in [0, 0.1) is 0 Å². The third-order valence-corrected chi connectivity index (χ3v) is 2.76. The Morgan fingerprint density at radius 1 is 1.19 bits per heavy atom. The standard InChI is InChI=1S/C15H23N3O3/c1-11(2)16-14(19)9-18(3)10-15(20)17-12-7-5-6-8-13(12)21-4/h5-8,11H,9-10H2,1-4H3,(H,16,19)(H,17,20)/p+1. The molecule has 116 valence electrons. The van der Waals surface area contributed by atoms with Crippen LogP contribution in [0.1, 0.15) is 13.8 Å². The number of benzene rings is 1. The van der Waals surface area contributed by atoms with Crippen LogP contribution in [-0.4, -0.2) is 45.1 Å². The van der Waals surface area contributed by atoms with Crippen LogP contribution in [0.25, 0.3) is 0 Å². The van der Waals surface area contributed by atoms with Crippen LogP contribution < -0.4 is 20.3 Å². The molecule has 1 rings (SSSR count).